The Morgan fingerprint density at radius 3 is 2.50 bits per heavy atom. The van der Waals surface area contributed by atoms with Crippen LogP contribution >= 0.6 is 0 Å². The van der Waals surface area contributed by atoms with E-state index in [9.17, 15) is 18.5 Å². The van der Waals surface area contributed by atoms with Crippen molar-refractivity contribution in [3.05, 3.63) is 28.3 Å². The number of hydrogen-bond donors (Lipinski definition) is 1. The molecule has 0 aromatic heterocycles. The highest BCUT2D eigenvalue weighted by Crippen LogP contribution is 2.27. The first-order chi connectivity index (χ1) is 7.42. The Morgan fingerprint density at radius 1 is 1.44 bits per heavy atom. The highest BCUT2D eigenvalue weighted by molar-refractivity contribution is 7.91. The van der Waals surface area contributed by atoms with Crippen LogP contribution in [-0.2, 0) is 9.84 Å². The van der Waals surface area contributed by atoms with Crippen molar-refractivity contribution in [2.75, 3.05) is 18.1 Å². The molecule has 0 atom stereocenters. The van der Waals surface area contributed by atoms with Gasteiger partial charge in [-0.05, 0) is 12.1 Å². The highest BCUT2D eigenvalue weighted by Gasteiger charge is 2.19. The molecule has 0 bridgehead atoms. The quantitative estimate of drug-likeness (QED) is 0.639. The molecule has 88 valence electrons. The zero-order valence-electron chi connectivity index (χ0n) is 8.93. The molecule has 16 heavy (non-hydrogen) atoms. The van der Waals surface area contributed by atoms with Crippen LogP contribution in [0, 0.1) is 10.1 Å². The number of nitrogens with one attached hydrogen (secondary N) is 1. The Kier molecular flexibility index (Phi) is 3.48. The van der Waals surface area contributed by atoms with E-state index in [1.165, 1.54) is 26.1 Å². The molecule has 0 fully saturated rings. The van der Waals surface area contributed by atoms with E-state index in [-0.39, 0.29) is 16.3 Å². The Morgan fingerprint density at radius 2 is 2.06 bits per heavy atom. The standard InChI is InChI=1S/C9H12N2O4S/c1-3-16(14,15)7-4-5-8(10-2)9(6-7)11(12)13/h4-6,10H,3H2,1-2H3. The first-order valence-electron chi connectivity index (χ1n) is 4.61. The third kappa shape index (κ3) is 2.30. The van der Waals surface area contributed by atoms with E-state index in [2.05, 4.69) is 5.32 Å². The fourth-order valence-electron chi connectivity index (χ4n) is 1.23. The number of nitro benzene ring substituents is 1. The van der Waals surface area contributed by atoms with Crippen molar-refractivity contribution in [1.29, 1.82) is 0 Å². The van der Waals surface area contributed by atoms with Crippen LogP contribution < -0.4 is 5.32 Å². The lowest BCUT2D eigenvalue weighted by Crippen LogP contribution is -2.05. The second-order valence-electron chi connectivity index (χ2n) is 3.09. The van der Waals surface area contributed by atoms with Gasteiger partial charge >= 0.3 is 0 Å². The van der Waals surface area contributed by atoms with Gasteiger partial charge in [-0.2, -0.15) is 0 Å². The summed E-state index contributed by atoms with van der Waals surface area (Å²) in [5, 5.41) is 13.4. The topological polar surface area (TPSA) is 89.3 Å². The van der Waals surface area contributed by atoms with Crippen molar-refractivity contribution in [1.82, 2.24) is 0 Å². The number of anilines is 1. The van der Waals surface area contributed by atoms with Gasteiger partial charge in [-0.25, -0.2) is 8.42 Å². The minimum Gasteiger partial charge on any atom is -0.383 e. The lowest BCUT2D eigenvalue weighted by molar-refractivity contribution is -0.384. The van der Waals surface area contributed by atoms with E-state index >= 15 is 0 Å². The number of nitro groups is 1. The molecule has 0 heterocycles. The van der Waals surface area contributed by atoms with Crippen molar-refractivity contribution in [3.8, 4) is 0 Å². The first kappa shape index (κ1) is 12.4. The monoisotopic (exact) mass is 244 g/mol. The van der Waals surface area contributed by atoms with Crippen LogP contribution in [0.5, 0.6) is 0 Å². The average molecular weight is 244 g/mol. The Balaban J connectivity index is 3.39. The van der Waals surface area contributed by atoms with Gasteiger partial charge in [-0.15, -0.1) is 0 Å². The fraction of sp³-hybridized carbons (Fsp3) is 0.333. The van der Waals surface area contributed by atoms with Crippen LogP contribution in [0.1, 0.15) is 6.92 Å². The molecule has 0 aliphatic carbocycles. The van der Waals surface area contributed by atoms with Gasteiger partial charge < -0.3 is 5.32 Å². The van der Waals surface area contributed by atoms with Gasteiger partial charge in [0.2, 0.25) is 0 Å². The molecule has 0 unspecified atom stereocenters. The van der Waals surface area contributed by atoms with Crippen LogP contribution in [0.3, 0.4) is 0 Å². The molecule has 6 nitrogen and oxygen atoms in total. The average Bonchev–Trinajstić information content (AvgIpc) is 2.28. The second kappa shape index (κ2) is 4.48. The Hall–Kier alpha value is -1.63. The molecule has 0 amide bonds. The van der Waals surface area contributed by atoms with Gasteiger partial charge in [-0.1, -0.05) is 6.92 Å². The third-order valence-electron chi connectivity index (χ3n) is 2.17. The summed E-state index contributed by atoms with van der Waals surface area (Å²) in [6.45, 7) is 1.49. The molecule has 1 aromatic carbocycles. The number of sulfone groups is 1. The summed E-state index contributed by atoms with van der Waals surface area (Å²) in [5.74, 6) is -0.0803. The first-order valence-corrected chi connectivity index (χ1v) is 6.26. The normalized spacial score (nSPS) is 11.1. The summed E-state index contributed by atoms with van der Waals surface area (Å²) in [5.41, 5.74) is 0.0529. The maximum atomic E-state index is 11.5. The zero-order chi connectivity index (χ0) is 12.3. The van der Waals surface area contributed by atoms with E-state index in [1.54, 1.807) is 0 Å². The number of hydrogen-bond acceptors (Lipinski definition) is 5. The summed E-state index contributed by atoms with van der Waals surface area (Å²) in [6, 6.07) is 3.82. The van der Waals surface area contributed by atoms with E-state index in [1.807, 2.05) is 0 Å². The van der Waals surface area contributed by atoms with Crippen LogP contribution in [0.25, 0.3) is 0 Å². The van der Waals surface area contributed by atoms with Gasteiger partial charge in [-0.3, -0.25) is 10.1 Å². The Labute approximate surface area is 93.4 Å². The molecule has 0 aliphatic rings. The SMILES string of the molecule is CCS(=O)(=O)c1ccc(NC)c([N+](=O)[O-])c1. The molecular weight excluding hydrogens is 232 g/mol. The predicted octanol–water partition coefficient (Wildman–Crippen LogP) is 1.43. The van der Waals surface area contributed by atoms with Gasteiger partial charge in [0.05, 0.1) is 15.6 Å². The van der Waals surface area contributed by atoms with Crippen molar-refractivity contribution in [3.63, 3.8) is 0 Å². The van der Waals surface area contributed by atoms with Gasteiger partial charge in [0.25, 0.3) is 5.69 Å². The number of benzene rings is 1. The zero-order valence-corrected chi connectivity index (χ0v) is 9.74. The largest absolute Gasteiger partial charge is 0.383 e. The van der Waals surface area contributed by atoms with Crippen molar-refractivity contribution >= 4 is 21.2 Å². The highest BCUT2D eigenvalue weighted by atomic mass is 32.2. The molecule has 0 aliphatic heterocycles. The molecule has 7 heteroatoms. The smallest absolute Gasteiger partial charge is 0.293 e. The minimum absolute atomic E-state index is 0.0271. The maximum Gasteiger partial charge on any atom is 0.293 e. The number of nitrogens with zero attached hydrogens (tertiary/aromatic N) is 1. The summed E-state index contributed by atoms with van der Waals surface area (Å²) >= 11 is 0. The molecular formula is C9H12N2O4S. The van der Waals surface area contributed by atoms with Crippen molar-refractivity contribution in [2.24, 2.45) is 0 Å². The van der Waals surface area contributed by atoms with E-state index < -0.39 is 14.8 Å². The van der Waals surface area contributed by atoms with Gasteiger partial charge in [0.1, 0.15) is 5.69 Å². The van der Waals surface area contributed by atoms with Crippen molar-refractivity contribution < 1.29 is 13.3 Å². The van der Waals surface area contributed by atoms with Crippen LogP contribution in [-0.4, -0.2) is 26.1 Å². The molecule has 1 rings (SSSR count). The summed E-state index contributed by atoms with van der Waals surface area (Å²) in [4.78, 5) is 10.1. The number of rotatable bonds is 4. The second-order valence-corrected chi connectivity index (χ2v) is 5.37. The maximum absolute atomic E-state index is 11.5. The Bertz CT molecular complexity index is 510. The van der Waals surface area contributed by atoms with Crippen LogP contribution in [0.4, 0.5) is 11.4 Å². The third-order valence-corrected chi connectivity index (χ3v) is 3.91. The minimum atomic E-state index is -3.41. The lowest BCUT2D eigenvalue weighted by atomic mass is 10.3. The molecule has 0 radical (unpaired) electrons. The van der Waals surface area contributed by atoms with Crippen LogP contribution in [0.2, 0.25) is 0 Å². The summed E-state index contributed by atoms with van der Waals surface area (Å²) in [6.07, 6.45) is 0. The molecule has 1 aromatic rings. The van der Waals surface area contributed by atoms with E-state index in [4.69, 9.17) is 0 Å². The molecule has 0 saturated heterocycles. The summed E-state index contributed by atoms with van der Waals surface area (Å²) < 4.78 is 23.1. The summed E-state index contributed by atoms with van der Waals surface area (Å²) in [7, 11) is -1.87. The lowest BCUT2D eigenvalue weighted by Gasteiger charge is -2.05. The predicted molar refractivity (Wildman–Crippen MR) is 60.4 cm³/mol. The van der Waals surface area contributed by atoms with Crippen LogP contribution in [0.15, 0.2) is 23.1 Å². The van der Waals surface area contributed by atoms with Crippen molar-refractivity contribution in [2.45, 2.75) is 11.8 Å². The molecule has 0 spiro atoms. The fourth-order valence-corrected chi connectivity index (χ4v) is 2.13. The molecule has 0 saturated carbocycles. The van der Waals surface area contributed by atoms with E-state index in [0.29, 0.717) is 5.69 Å². The van der Waals surface area contributed by atoms with Gasteiger partial charge in [0, 0.05) is 13.1 Å². The van der Waals surface area contributed by atoms with Gasteiger partial charge in [0.15, 0.2) is 9.84 Å². The van der Waals surface area contributed by atoms with E-state index in [0.717, 1.165) is 6.07 Å². The molecule has 1 N–H and O–H groups in total.